The highest BCUT2D eigenvalue weighted by atomic mass is 16.5. The van der Waals surface area contributed by atoms with Crippen molar-refractivity contribution in [1.82, 2.24) is 9.55 Å². The highest BCUT2D eigenvalue weighted by Crippen LogP contribution is 2.28. The minimum atomic E-state index is -0.0179. The van der Waals surface area contributed by atoms with E-state index in [0.29, 0.717) is 18.1 Å². The first-order chi connectivity index (χ1) is 8.74. The van der Waals surface area contributed by atoms with Crippen LogP contribution in [0.25, 0.3) is 0 Å². The molecule has 5 nitrogen and oxygen atoms in total. The zero-order valence-corrected chi connectivity index (χ0v) is 10.5. The SMILES string of the molecule is COc1cc(CO)ccc1OCc1nccn1C. The first-order valence-corrected chi connectivity index (χ1v) is 5.61. The van der Waals surface area contributed by atoms with Gasteiger partial charge in [-0.05, 0) is 17.7 Å². The van der Waals surface area contributed by atoms with Gasteiger partial charge in [0.25, 0.3) is 0 Å². The molecule has 0 spiro atoms. The van der Waals surface area contributed by atoms with Crippen LogP contribution in [0.4, 0.5) is 0 Å². The molecule has 1 heterocycles. The highest BCUT2D eigenvalue weighted by Gasteiger charge is 2.07. The van der Waals surface area contributed by atoms with E-state index < -0.39 is 0 Å². The van der Waals surface area contributed by atoms with Gasteiger partial charge in [0.2, 0.25) is 0 Å². The van der Waals surface area contributed by atoms with Crippen LogP contribution in [0.2, 0.25) is 0 Å². The van der Waals surface area contributed by atoms with Gasteiger partial charge in [0, 0.05) is 19.4 Å². The Labute approximate surface area is 106 Å². The lowest BCUT2D eigenvalue weighted by Gasteiger charge is -2.11. The van der Waals surface area contributed by atoms with Crippen molar-refractivity contribution in [1.29, 1.82) is 0 Å². The van der Waals surface area contributed by atoms with Crippen LogP contribution in [-0.2, 0) is 20.3 Å². The Morgan fingerprint density at radius 2 is 2.17 bits per heavy atom. The van der Waals surface area contributed by atoms with Crippen molar-refractivity contribution in [2.45, 2.75) is 13.2 Å². The fourth-order valence-corrected chi connectivity index (χ4v) is 1.61. The van der Waals surface area contributed by atoms with E-state index in [9.17, 15) is 0 Å². The second-order valence-electron chi connectivity index (χ2n) is 3.89. The summed E-state index contributed by atoms with van der Waals surface area (Å²) in [4.78, 5) is 4.18. The Kier molecular flexibility index (Phi) is 3.84. The van der Waals surface area contributed by atoms with Gasteiger partial charge in [-0.25, -0.2) is 4.98 Å². The van der Waals surface area contributed by atoms with Crippen molar-refractivity contribution in [3.8, 4) is 11.5 Å². The summed E-state index contributed by atoms with van der Waals surface area (Å²) in [6, 6.07) is 5.34. The second kappa shape index (κ2) is 5.55. The van der Waals surface area contributed by atoms with Gasteiger partial charge < -0.3 is 19.1 Å². The van der Waals surface area contributed by atoms with Crippen molar-refractivity contribution in [2.24, 2.45) is 7.05 Å². The molecule has 0 aliphatic carbocycles. The lowest BCUT2D eigenvalue weighted by Crippen LogP contribution is -2.04. The molecule has 1 N–H and O–H groups in total. The number of methoxy groups -OCH3 is 1. The topological polar surface area (TPSA) is 56.5 Å². The van der Waals surface area contributed by atoms with Crippen LogP contribution in [0, 0.1) is 0 Å². The van der Waals surface area contributed by atoms with Gasteiger partial charge in [-0.3, -0.25) is 0 Å². The number of hydrogen-bond acceptors (Lipinski definition) is 4. The number of hydrogen-bond donors (Lipinski definition) is 1. The summed E-state index contributed by atoms with van der Waals surface area (Å²) in [5.74, 6) is 2.08. The summed E-state index contributed by atoms with van der Waals surface area (Å²) in [7, 11) is 3.49. The van der Waals surface area contributed by atoms with E-state index in [1.54, 1.807) is 31.5 Å². The summed E-state index contributed by atoms with van der Waals surface area (Å²) in [6.07, 6.45) is 3.59. The third kappa shape index (κ3) is 2.62. The van der Waals surface area contributed by atoms with Gasteiger partial charge in [0.05, 0.1) is 13.7 Å². The Bertz CT molecular complexity index is 523. The number of nitrogens with zero attached hydrogens (tertiary/aromatic N) is 2. The van der Waals surface area contributed by atoms with E-state index in [0.717, 1.165) is 11.4 Å². The molecule has 0 saturated heterocycles. The van der Waals surface area contributed by atoms with E-state index >= 15 is 0 Å². The van der Waals surface area contributed by atoms with E-state index in [2.05, 4.69) is 4.98 Å². The van der Waals surface area contributed by atoms with Crippen molar-refractivity contribution >= 4 is 0 Å². The molecule has 5 heteroatoms. The standard InChI is InChI=1S/C13H16N2O3/c1-15-6-5-14-13(15)9-18-11-4-3-10(8-16)7-12(11)17-2/h3-7,16H,8-9H2,1-2H3. The molecule has 0 atom stereocenters. The molecule has 1 aromatic heterocycles. The Morgan fingerprint density at radius 1 is 1.33 bits per heavy atom. The normalized spacial score (nSPS) is 10.4. The maximum absolute atomic E-state index is 9.06. The first-order valence-electron chi connectivity index (χ1n) is 5.61. The molecule has 0 amide bonds. The van der Waals surface area contributed by atoms with Crippen molar-refractivity contribution in [3.63, 3.8) is 0 Å². The van der Waals surface area contributed by atoms with E-state index in [1.165, 1.54) is 0 Å². The predicted octanol–water partition coefficient (Wildman–Crippen LogP) is 1.50. The number of imidazole rings is 1. The second-order valence-corrected chi connectivity index (χ2v) is 3.89. The average molecular weight is 248 g/mol. The fraction of sp³-hybridized carbons (Fsp3) is 0.308. The Morgan fingerprint density at radius 3 is 2.78 bits per heavy atom. The summed E-state index contributed by atoms with van der Waals surface area (Å²) in [5.41, 5.74) is 0.788. The molecule has 1 aromatic carbocycles. The smallest absolute Gasteiger partial charge is 0.161 e. The van der Waals surface area contributed by atoms with Crippen LogP contribution >= 0.6 is 0 Å². The molecule has 18 heavy (non-hydrogen) atoms. The van der Waals surface area contributed by atoms with Gasteiger partial charge in [-0.15, -0.1) is 0 Å². The van der Waals surface area contributed by atoms with E-state index in [1.807, 2.05) is 17.8 Å². The van der Waals surface area contributed by atoms with Crippen molar-refractivity contribution in [3.05, 3.63) is 42.0 Å². The quantitative estimate of drug-likeness (QED) is 0.871. The van der Waals surface area contributed by atoms with Crippen LogP contribution < -0.4 is 9.47 Å². The minimum absolute atomic E-state index is 0.0179. The minimum Gasteiger partial charge on any atom is -0.493 e. The van der Waals surface area contributed by atoms with Gasteiger partial charge in [-0.2, -0.15) is 0 Å². The molecular weight excluding hydrogens is 232 g/mol. The third-order valence-corrected chi connectivity index (χ3v) is 2.69. The van der Waals surface area contributed by atoms with Crippen LogP contribution in [0.1, 0.15) is 11.4 Å². The zero-order valence-electron chi connectivity index (χ0n) is 10.5. The Balaban J connectivity index is 2.11. The number of aromatic nitrogens is 2. The summed E-state index contributed by atoms with van der Waals surface area (Å²) in [5, 5.41) is 9.06. The molecule has 0 aliphatic rings. The number of aryl methyl sites for hydroxylation is 1. The van der Waals surface area contributed by atoms with Crippen LogP contribution in [0.15, 0.2) is 30.6 Å². The van der Waals surface area contributed by atoms with E-state index in [-0.39, 0.29) is 6.61 Å². The maximum Gasteiger partial charge on any atom is 0.161 e. The average Bonchev–Trinajstić information content (AvgIpc) is 2.81. The Hall–Kier alpha value is -2.01. The van der Waals surface area contributed by atoms with Gasteiger partial charge in [-0.1, -0.05) is 6.07 Å². The van der Waals surface area contributed by atoms with Gasteiger partial charge in [0.1, 0.15) is 12.4 Å². The maximum atomic E-state index is 9.06. The van der Waals surface area contributed by atoms with Crippen molar-refractivity contribution < 1.29 is 14.6 Å². The number of benzene rings is 1. The summed E-state index contributed by atoms with van der Waals surface area (Å²) >= 11 is 0. The monoisotopic (exact) mass is 248 g/mol. The molecule has 96 valence electrons. The molecule has 2 rings (SSSR count). The molecule has 0 aliphatic heterocycles. The van der Waals surface area contributed by atoms with Crippen LogP contribution in [0.5, 0.6) is 11.5 Å². The number of rotatable bonds is 5. The summed E-state index contributed by atoms with van der Waals surface area (Å²) in [6.45, 7) is 0.355. The van der Waals surface area contributed by atoms with Crippen LogP contribution in [0.3, 0.4) is 0 Å². The summed E-state index contributed by atoms with van der Waals surface area (Å²) < 4.78 is 12.8. The largest absolute Gasteiger partial charge is 0.493 e. The number of aliphatic hydroxyl groups excluding tert-OH is 1. The lowest BCUT2D eigenvalue weighted by molar-refractivity contribution is 0.268. The molecule has 0 unspecified atom stereocenters. The molecule has 0 bridgehead atoms. The molecule has 0 radical (unpaired) electrons. The highest BCUT2D eigenvalue weighted by molar-refractivity contribution is 5.42. The third-order valence-electron chi connectivity index (χ3n) is 2.69. The predicted molar refractivity (Wildman–Crippen MR) is 66.5 cm³/mol. The molecule has 0 saturated carbocycles. The van der Waals surface area contributed by atoms with Gasteiger partial charge in [0.15, 0.2) is 11.5 Å². The molecule has 0 fully saturated rings. The van der Waals surface area contributed by atoms with Gasteiger partial charge >= 0.3 is 0 Å². The molecular formula is C13H16N2O3. The van der Waals surface area contributed by atoms with E-state index in [4.69, 9.17) is 14.6 Å². The lowest BCUT2D eigenvalue weighted by atomic mass is 10.2. The van der Waals surface area contributed by atoms with Crippen LogP contribution in [-0.4, -0.2) is 21.8 Å². The number of ether oxygens (including phenoxy) is 2. The molecule has 2 aromatic rings. The number of aliphatic hydroxyl groups is 1. The first kappa shape index (κ1) is 12.4. The zero-order chi connectivity index (χ0) is 13.0. The van der Waals surface area contributed by atoms with Crippen molar-refractivity contribution in [2.75, 3.05) is 7.11 Å². The fourth-order valence-electron chi connectivity index (χ4n) is 1.61.